The van der Waals surface area contributed by atoms with E-state index in [1.54, 1.807) is 5.38 Å². The fourth-order valence-electron chi connectivity index (χ4n) is 6.80. The number of rotatable bonds is 9. The van der Waals surface area contributed by atoms with Gasteiger partial charge in [-0.15, -0.1) is 11.3 Å². The Hall–Kier alpha value is -2.27. The van der Waals surface area contributed by atoms with Gasteiger partial charge in [-0.05, 0) is 56.3 Å². The van der Waals surface area contributed by atoms with Gasteiger partial charge in [0.1, 0.15) is 16.7 Å². The summed E-state index contributed by atoms with van der Waals surface area (Å²) in [6.07, 6.45) is 1.64. The van der Waals surface area contributed by atoms with Gasteiger partial charge in [0.05, 0.1) is 23.8 Å². The summed E-state index contributed by atoms with van der Waals surface area (Å²) in [5, 5.41) is 18.6. The number of nitrogens with zero attached hydrogens (tertiary/aromatic N) is 1. The van der Waals surface area contributed by atoms with Crippen molar-refractivity contribution in [3.05, 3.63) is 41.4 Å². The summed E-state index contributed by atoms with van der Waals surface area (Å²) < 4.78 is 13.1. The van der Waals surface area contributed by atoms with Crippen molar-refractivity contribution in [2.75, 3.05) is 0 Å². The predicted octanol–water partition coefficient (Wildman–Crippen LogP) is 4.09. The Kier molecular flexibility index (Phi) is 7.69. The normalized spacial score (nSPS) is 29.2. The first-order valence-corrected chi connectivity index (χ1v) is 14.9. The van der Waals surface area contributed by atoms with Crippen molar-refractivity contribution in [2.45, 2.75) is 90.6 Å². The fourth-order valence-corrected chi connectivity index (χ4v) is 7.61. The highest BCUT2D eigenvalue weighted by atomic mass is 32.1. The van der Waals surface area contributed by atoms with Crippen LogP contribution in [0.2, 0.25) is 0 Å². The maximum atomic E-state index is 13.5. The van der Waals surface area contributed by atoms with Crippen LogP contribution in [0.1, 0.15) is 71.3 Å². The lowest BCUT2D eigenvalue weighted by molar-refractivity contribution is -0.199. The average molecular weight is 554 g/mol. The minimum Gasteiger partial charge on any atom is -0.404 e. The minimum absolute atomic E-state index is 0.00146. The molecule has 2 bridgehead atoms. The lowest BCUT2D eigenvalue weighted by Gasteiger charge is -2.64. The van der Waals surface area contributed by atoms with Crippen LogP contribution in [0, 0.1) is 23.2 Å². The third-order valence-electron chi connectivity index (χ3n) is 9.16. The van der Waals surface area contributed by atoms with E-state index in [2.05, 4.69) is 50.2 Å². The molecule has 1 aromatic carbocycles. The zero-order chi connectivity index (χ0) is 28.1. The van der Waals surface area contributed by atoms with E-state index >= 15 is 0 Å². The van der Waals surface area contributed by atoms with Crippen molar-refractivity contribution < 1.29 is 24.0 Å². The second-order valence-electron chi connectivity index (χ2n) is 12.7. The number of benzene rings is 1. The number of aromatic nitrogens is 1. The highest BCUT2D eigenvalue weighted by Gasteiger charge is 2.68. The summed E-state index contributed by atoms with van der Waals surface area (Å²) in [4.78, 5) is 31.0. The van der Waals surface area contributed by atoms with Gasteiger partial charge in [-0.1, -0.05) is 58.0 Å². The smallest absolute Gasteiger partial charge is 0.404 e. The Balaban J connectivity index is 1.27. The predicted molar refractivity (Wildman–Crippen MR) is 152 cm³/mol. The number of aliphatic hydroxyl groups is 1. The van der Waals surface area contributed by atoms with E-state index in [1.165, 1.54) is 18.3 Å². The molecule has 6 rings (SSSR count). The minimum atomic E-state index is -1.15. The second-order valence-corrected chi connectivity index (χ2v) is 13.5. The van der Waals surface area contributed by atoms with Gasteiger partial charge in [0.2, 0.25) is 5.91 Å². The van der Waals surface area contributed by atoms with E-state index in [1.807, 2.05) is 30.3 Å². The van der Waals surface area contributed by atoms with Crippen LogP contribution >= 0.6 is 11.3 Å². The van der Waals surface area contributed by atoms with Gasteiger partial charge in [-0.3, -0.25) is 9.59 Å². The third-order valence-corrected chi connectivity index (χ3v) is 10.1. The second kappa shape index (κ2) is 10.6. The fraction of sp³-hybridized carbons (Fsp3) is 0.621. The molecule has 7 atom stereocenters. The first-order chi connectivity index (χ1) is 18.4. The molecule has 2 heterocycles. The van der Waals surface area contributed by atoms with E-state index in [0.29, 0.717) is 23.3 Å². The lowest BCUT2D eigenvalue weighted by Crippen LogP contribution is -2.65. The van der Waals surface area contributed by atoms with E-state index in [4.69, 9.17) is 9.31 Å². The lowest BCUT2D eigenvalue weighted by atomic mass is 9.43. The number of aliphatic hydroxyl groups excluding tert-OH is 1. The van der Waals surface area contributed by atoms with Gasteiger partial charge in [0.25, 0.3) is 5.91 Å². The first kappa shape index (κ1) is 28.3. The summed E-state index contributed by atoms with van der Waals surface area (Å²) in [6, 6.07) is 8.44. The Morgan fingerprint density at radius 2 is 1.87 bits per heavy atom. The topological polar surface area (TPSA) is 110 Å². The molecule has 0 radical (unpaired) electrons. The Morgan fingerprint density at radius 3 is 2.51 bits per heavy atom. The number of carbonyl (C=O) groups excluding carboxylic acids is 2. The van der Waals surface area contributed by atoms with Crippen LogP contribution in [-0.2, 0) is 14.1 Å². The third kappa shape index (κ3) is 5.28. The molecule has 3 aliphatic carbocycles. The number of carbonyl (C=O) groups is 2. The molecular formula is C29H40BN3O5S. The molecule has 0 spiro atoms. The van der Waals surface area contributed by atoms with Gasteiger partial charge < -0.3 is 25.0 Å². The largest absolute Gasteiger partial charge is 0.481 e. The van der Waals surface area contributed by atoms with Crippen LogP contribution in [0.25, 0.3) is 10.6 Å². The maximum absolute atomic E-state index is 13.5. The van der Waals surface area contributed by atoms with Crippen molar-refractivity contribution in [2.24, 2.45) is 23.2 Å². The zero-order valence-electron chi connectivity index (χ0n) is 23.6. The zero-order valence-corrected chi connectivity index (χ0v) is 24.5. The van der Waals surface area contributed by atoms with Gasteiger partial charge >= 0.3 is 7.12 Å². The molecule has 0 unspecified atom stereocenters. The Morgan fingerprint density at radius 1 is 1.15 bits per heavy atom. The standard InChI is InChI=1S/C29H40BN3O5S/c1-16(2)12-23(30-37-22-14-19-13-21(28(19,4)5)29(22,6)38-30)32-26(36)24(17(3)34)33-25(35)20-15-39-27(31-20)18-10-8-7-9-11-18/h7-11,15-17,19,21-24,34H,12-14H2,1-6H3,(H,32,36)(H,33,35)/t17-,19-,21+,22-,23+,24+,29+/m1/s1. The molecule has 1 aromatic heterocycles. The number of thiazole rings is 1. The molecule has 10 heteroatoms. The molecule has 3 N–H and O–H groups in total. The van der Waals surface area contributed by atoms with Crippen LogP contribution in [0.4, 0.5) is 0 Å². The molecule has 4 aliphatic rings. The summed E-state index contributed by atoms with van der Waals surface area (Å²) in [6.45, 7) is 12.5. The van der Waals surface area contributed by atoms with Crippen molar-refractivity contribution in [1.29, 1.82) is 0 Å². The number of hydrogen-bond acceptors (Lipinski definition) is 7. The highest BCUT2D eigenvalue weighted by Crippen LogP contribution is 2.65. The van der Waals surface area contributed by atoms with Crippen molar-refractivity contribution in [3.63, 3.8) is 0 Å². The molecule has 39 heavy (non-hydrogen) atoms. The quantitative estimate of drug-likeness (QED) is 0.404. The van der Waals surface area contributed by atoms with Gasteiger partial charge in [-0.2, -0.15) is 0 Å². The molecule has 4 fully saturated rings. The van der Waals surface area contributed by atoms with Crippen molar-refractivity contribution in [3.8, 4) is 10.6 Å². The number of hydrogen-bond donors (Lipinski definition) is 3. The highest BCUT2D eigenvalue weighted by molar-refractivity contribution is 7.13. The summed E-state index contributed by atoms with van der Waals surface area (Å²) in [7, 11) is -0.584. The van der Waals surface area contributed by atoms with Crippen LogP contribution in [0.3, 0.4) is 0 Å². The van der Waals surface area contributed by atoms with Crippen molar-refractivity contribution in [1.82, 2.24) is 15.6 Å². The van der Waals surface area contributed by atoms with Crippen LogP contribution in [-0.4, -0.2) is 58.8 Å². The van der Waals surface area contributed by atoms with E-state index in [-0.39, 0.29) is 28.7 Å². The number of nitrogens with one attached hydrogen (secondary N) is 2. The summed E-state index contributed by atoms with van der Waals surface area (Å²) in [5.41, 5.74) is 0.951. The number of amides is 2. The van der Waals surface area contributed by atoms with E-state index in [9.17, 15) is 14.7 Å². The van der Waals surface area contributed by atoms with Crippen molar-refractivity contribution >= 4 is 30.3 Å². The summed E-state index contributed by atoms with van der Waals surface area (Å²) >= 11 is 1.35. The molecule has 2 amide bonds. The molecular weight excluding hydrogens is 513 g/mol. The molecule has 1 aliphatic heterocycles. The van der Waals surface area contributed by atoms with Crippen LogP contribution in [0.15, 0.2) is 35.7 Å². The maximum Gasteiger partial charge on any atom is 0.481 e. The van der Waals surface area contributed by atoms with Gasteiger partial charge in [-0.25, -0.2) is 4.98 Å². The molecule has 210 valence electrons. The Bertz CT molecular complexity index is 1200. The van der Waals surface area contributed by atoms with E-state index < -0.39 is 37.0 Å². The molecule has 8 nitrogen and oxygen atoms in total. The summed E-state index contributed by atoms with van der Waals surface area (Å²) in [5.74, 6) is -0.0823. The van der Waals surface area contributed by atoms with Gasteiger partial charge in [0, 0.05) is 10.9 Å². The SMILES string of the molecule is CC(C)C[C@H](NC(=O)[C@@H](NC(=O)c1csc(-c2ccccc2)n1)[C@@H](C)O)B1O[C@@H]2C[C@H]3C[C@@H](C3(C)C)[C@]2(C)O1. The van der Waals surface area contributed by atoms with Crippen LogP contribution in [0.5, 0.6) is 0 Å². The average Bonchev–Trinajstić information content (AvgIpc) is 3.51. The molecule has 3 saturated carbocycles. The Labute approximate surface area is 235 Å². The van der Waals surface area contributed by atoms with Crippen LogP contribution < -0.4 is 10.6 Å². The van der Waals surface area contributed by atoms with Gasteiger partial charge in [0.15, 0.2) is 0 Å². The molecule has 2 aromatic rings. The first-order valence-electron chi connectivity index (χ1n) is 14.0. The molecule has 1 saturated heterocycles. The van der Waals surface area contributed by atoms with E-state index in [0.717, 1.165) is 18.4 Å². The monoisotopic (exact) mass is 553 g/mol.